The van der Waals surface area contributed by atoms with E-state index in [1.807, 2.05) is 6.08 Å². The van der Waals surface area contributed by atoms with Crippen molar-refractivity contribution in [2.75, 3.05) is 0 Å². The zero-order valence-corrected chi connectivity index (χ0v) is 12.1. The number of fused-ring (bicyclic) bond motifs is 5. The molecule has 0 amide bonds. The predicted octanol–water partition coefficient (Wildman–Crippen LogP) is 3.47. The monoisotopic (exact) mass is 270 g/mol. The average molecular weight is 270 g/mol. The summed E-state index contributed by atoms with van der Waals surface area (Å²) in [5, 5.41) is 0. The van der Waals surface area contributed by atoms with Gasteiger partial charge in [0.1, 0.15) is 5.78 Å². The van der Waals surface area contributed by atoms with E-state index in [2.05, 4.69) is 19.1 Å². The fourth-order valence-electron chi connectivity index (χ4n) is 5.43. The summed E-state index contributed by atoms with van der Waals surface area (Å²) >= 11 is 0. The molecule has 0 radical (unpaired) electrons. The Morgan fingerprint density at radius 2 is 2.00 bits per heavy atom. The normalized spacial score (nSPS) is 46.5. The standard InChI is InChI=1S/C18H22O2/c1-18-9-8-14-13-5-3-12(19)10-11(13)2-4-15(14)16(18)6-7-17(18)20/h2,4,10,13-16H,3,5-9H2,1H3/t13-,14+,15+,16-,18-/m0/s1. The summed E-state index contributed by atoms with van der Waals surface area (Å²) in [6, 6.07) is 0. The lowest BCUT2D eigenvalue weighted by atomic mass is 9.54. The summed E-state index contributed by atoms with van der Waals surface area (Å²) in [6.07, 6.45) is 12.2. The molecule has 0 aromatic rings. The maximum atomic E-state index is 12.3. The van der Waals surface area contributed by atoms with Gasteiger partial charge in [0.2, 0.25) is 0 Å². The van der Waals surface area contributed by atoms with E-state index in [-0.39, 0.29) is 11.2 Å². The lowest BCUT2D eigenvalue weighted by Gasteiger charge is -2.49. The molecule has 0 aliphatic heterocycles. The third-order valence-corrected chi connectivity index (χ3v) is 6.58. The van der Waals surface area contributed by atoms with Crippen LogP contribution in [0.4, 0.5) is 0 Å². The third kappa shape index (κ3) is 1.57. The maximum Gasteiger partial charge on any atom is 0.155 e. The van der Waals surface area contributed by atoms with Crippen molar-refractivity contribution in [3.63, 3.8) is 0 Å². The van der Waals surface area contributed by atoms with Gasteiger partial charge in [-0.05, 0) is 61.0 Å². The topological polar surface area (TPSA) is 34.1 Å². The van der Waals surface area contributed by atoms with Gasteiger partial charge in [-0.2, -0.15) is 0 Å². The SMILES string of the molecule is C[C@]12CC[C@H]3[C@@H](C=CC4=CC(=O)CC[C@@H]43)[C@@H]1CCC2=O. The van der Waals surface area contributed by atoms with E-state index in [1.54, 1.807) is 0 Å². The quantitative estimate of drug-likeness (QED) is 0.675. The van der Waals surface area contributed by atoms with E-state index in [0.717, 1.165) is 32.1 Å². The summed E-state index contributed by atoms with van der Waals surface area (Å²) < 4.78 is 0. The van der Waals surface area contributed by atoms with Crippen molar-refractivity contribution in [2.45, 2.75) is 45.4 Å². The number of rotatable bonds is 0. The first kappa shape index (κ1) is 12.6. The van der Waals surface area contributed by atoms with Crippen LogP contribution in [0, 0.1) is 29.1 Å². The number of allylic oxidation sites excluding steroid dienone is 4. The summed E-state index contributed by atoms with van der Waals surface area (Å²) in [7, 11) is 0. The van der Waals surface area contributed by atoms with Crippen molar-refractivity contribution < 1.29 is 9.59 Å². The molecule has 4 aliphatic carbocycles. The molecule has 20 heavy (non-hydrogen) atoms. The molecule has 5 atom stereocenters. The van der Waals surface area contributed by atoms with Crippen LogP contribution in [0.15, 0.2) is 23.8 Å². The molecule has 0 heterocycles. The third-order valence-electron chi connectivity index (χ3n) is 6.58. The molecular formula is C18H22O2. The van der Waals surface area contributed by atoms with Crippen LogP contribution in [0.25, 0.3) is 0 Å². The number of carbonyl (C=O) groups is 2. The summed E-state index contributed by atoms with van der Waals surface area (Å²) in [5.74, 6) is 3.14. The van der Waals surface area contributed by atoms with Crippen molar-refractivity contribution in [3.05, 3.63) is 23.8 Å². The van der Waals surface area contributed by atoms with Crippen molar-refractivity contribution in [3.8, 4) is 0 Å². The van der Waals surface area contributed by atoms with Crippen LogP contribution in [-0.4, -0.2) is 11.6 Å². The number of Topliss-reactive ketones (excluding diaryl/α,β-unsaturated/α-hetero) is 1. The number of hydrogen-bond donors (Lipinski definition) is 0. The van der Waals surface area contributed by atoms with Gasteiger partial charge in [-0.1, -0.05) is 19.1 Å². The molecule has 0 saturated heterocycles. The molecule has 0 N–H and O–H groups in total. The highest BCUT2D eigenvalue weighted by molar-refractivity contribution is 5.92. The Hall–Kier alpha value is -1.18. The Morgan fingerprint density at radius 3 is 2.85 bits per heavy atom. The first-order valence-electron chi connectivity index (χ1n) is 8.05. The minimum Gasteiger partial charge on any atom is -0.299 e. The largest absolute Gasteiger partial charge is 0.299 e. The van der Waals surface area contributed by atoms with Gasteiger partial charge in [0.05, 0.1) is 0 Å². The maximum absolute atomic E-state index is 12.3. The van der Waals surface area contributed by atoms with Crippen LogP contribution in [0.5, 0.6) is 0 Å². The van der Waals surface area contributed by atoms with Gasteiger partial charge in [0.15, 0.2) is 5.78 Å². The number of ketones is 2. The van der Waals surface area contributed by atoms with Crippen LogP contribution in [-0.2, 0) is 9.59 Å². The lowest BCUT2D eigenvalue weighted by Crippen LogP contribution is -2.45. The summed E-state index contributed by atoms with van der Waals surface area (Å²) in [5.41, 5.74) is 1.20. The van der Waals surface area contributed by atoms with E-state index < -0.39 is 0 Å². The zero-order valence-electron chi connectivity index (χ0n) is 12.1. The van der Waals surface area contributed by atoms with Crippen molar-refractivity contribution in [1.29, 1.82) is 0 Å². The van der Waals surface area contributed by atoms with Crippen molar-refractivity contribution in [1.82, 2.24) is 0 Å². The minimum atomic E-state index is -0.0583. The van der Waals surface area contributed by atoms with Crippen LogP contribution in [0.3, 0.4) is 0 Å². The van der Waals surface area contributed by atoms with Crippen molar-refractivity contribution in [2.24, 2.45) is 29.1 Å². The van der Waals surface area contributed by atoms with Crippen molar-refractivity contribution >= 4 is 11.6 Å². The van der Waals surface area contributed by atoms with E-state index in [4.69, 9.17) is 0 Å². The highest BCUT2D eigenvalue weighted by Crippen LogP contribution is 2.58. The van der Waals surface area contributed by atoms with Crippen LogP contribution >= 0.6 is 0 Å². The Kier molecular flexibility index (Phi) is 2.61. The van der Waals surface area contributed by atoms with Gasteiger partial charge in [-0.15, -0.1) is 0 Å². The molecule has 4 aliphatic rings. The first-order chi connectivity index (χ1) is 9.59. The molecule has 106 valence electrons. The second-order valence-corrected chi connectivity index (χ2v) is 7.38. The number of carbonyl (C=O) groups excluding carboxylic acids is 2. The summed E-state index contributed by atoms with van der Waals surface area (Å²) in [6.45, 7) is 2.20. The van der Waals surface area contributed by atoms with Gasteiger partial charge in [-0.25, -0.2) is 0 Å². The molecule has 2 saturated carbocycles. The molecule has 0 bridgehead atoms. The lowest BCUT2D eigenvalue weighted by molar-refractivity contribution is -0.129. The Morgan fingerprint density at radius 1 is 1.15 bits per heavy atom. The number of hydrogen-bond acceptors (Lipinski definition) is 2. The first-order valence-corrected chi connectivity index (χ1v) is 8.05. The molecule has 0 unspecified atom stereocenters. The summed E-state index contributed by atoms with van der Waals surface area (Å²) in [4.78, 5) is 23.9. The van der Waals surface area contributed by atoms with Crippen LogP contribution in [0.1, 0.15) is 45.4 Å². The van der Waals surface area contributed by atoms with Gasteiger partial charge in [0.25, 0.3) is 0 Å². The highest BCUT2D eigenvalue weighted by Gasteiger charge is 2.55. The van der Waals surface area contributed by atoms with E-state index in [9.17, 15) is 9.59 Å². The predicted molar refractivity (Wildman–Crippen MR) is 77.0 cm³/mol. The van der Waals surface area contributed by atoms with E-state index in [1.165, 1.54) is 5.57 Å². The molecule has 0 aromatic carbocycles. The van der Waals surface area contributed by atoms with Gasteiger partial charge in [0, 0.05) is 18.3 Å². The Bertz CT molecular complexity index is 542. The molecule has 4 rings (SSSR count). The smallest absolute Gasteiger partial charge is 0.155 e. The average Bonchev–Trinajstić information content (AvgIpc) is 2.74. The van der Waals surface area contributed by atoms with E-state index >= 15 is 0 Å². The van der Waals surface area contributed by atoms with E-state index in [0.29, 0.717) is 35.9 Å². The molecule has 2 nitrogen and oxygen atoms in total. The molecule has 0 spiro atoms. The minimum absolute atomic E-state index is 0.0583. The fourth-order valence-corrected chi connectivity index (χ4v) is 5.43. The van der Waals surface area contributed by atoms with Crippen LogP contribution < -0.4 is 0 Å². The Labute approximate surface area is 120 Å². The molecular weight excluding hydrogens is 248 g/mol. The fraction of sp³-hybridized carbons (Fsp3) is 0.667. The molecule has 2 heteroatoms. The molecule has 2 fully saturated rings. The van der Waals surface area contributed by atoms with Gasteiger partial charge >= 0.3 is 0 Å². The highest BCUT2D eigenvalue weighted by atomic mass is 16.1. The molecule has 0 aromatic heterocycles. The zero-order chi connectivity index (χ0) is 13.9. The van der Waals surface area contributed by atoms with Gasteiger partial charge in [-0.3, -0.25) is 9.59 Å². The second kappa shape index (κ2) is 4.16. The van der Waals surface area contributed by atoms with Gasteiger partial charge < -0.3 is 0 Å². The Balaban J connectivity index is 1.71. The van der Waals surface area contributed by atoms with Crippen LogP contribution in [0.2, 0.25) is 0 Å². The second-order valence-electron chi connectivity index (χ2n) is 7.38.